The predicted octanol–water partition coefficient (Wildman–Crippen LogP) is 1.40. The summed E-state index contributed by atoms with van der Waals surface area (Å²) in [6.07, 6.45) is 2.47. The number of carboxylic acids is 1. The minimum atomic E-state index is -1.01. The number of imidazole rings is 1. The summed E-state index contributed by atoms with van der Waals surface area (Å²) in [4.78, 5) is 51.6. The number of carbonyl (C=O) groups excluding carboxylic acids is 1. The lowest BCUT2D eigenvalue weighted by Crippen LogP contribution is -2.40. The van der Waals surface area contributed by atoms with E-state index in [1.165, 1.54) is 11.2 Å². The average Bonchev–Trinajstić information content (AvgIpc) is 3.37. The number of rotatable bonds is 5. The summed E-state index contributed by atoms with van der Waals surface area (Å²) in [6.45, 7) is 2.53. The second kappa shape index (κ2) is 7.38. The van der Waals surface area contributed by atoms with Crippen LogP contribution in [0.4, 0.5) is 0 Å². The molecule has 1 aromatic carbocycles. The van der Waals surface area contributed by atoms with Gasteiger partial charge in [-0.2, -0.15) is 0 Å². The monoisotopic (exact) mass is 397 g/mol. The number of likely N-dealkylation sites (tertiary alicyclic amines) is 1. The van der Waals surface area contributed by atoms with Crippen molar-refractivity contribution in [3.05, 3.63) is 40.4 Å². The van der Waals surface area contributed by atoms with E-state index in [9.17, 15) is 19.5 Å². The summed E-state index contributed by atoms with van der Waals surface area (Å²) in [5, 5.41) is 9.34. The molecule has 0 unspecified atom stereocenters. The van der Waals surface area contributed by atoms with E-state index in [2.05, 4.69) is 19.9 Å². The van der Waals surface area contributed by atoms with Crippen LogP contribution in [0.15, 0.2) is 29.3 Å². The van der Waals surface area contributed by atoms with Gasteiger partial charge in [0.2, 0.25) is 0 Å². The fraction of sp³-hybridized carbons (Fsp3) is 0.316. The molecular formula is C19H19N5O5. The lowest BCUT2D eigenvalue weighted by atomic mass is 10.1. The second-order valence-corrected chi connectivity index (χ2v) is 6.65. The molecule has 1 saturated heterocycles. The van der Waals surface area contributed by atoms with Crippen LogP contribution in [0.25, 0.3) is 22.6 Å². The van der Waals surface area contributed by atoms with E-state index in [0.29, 0.717) is 48.5 Å². The van der Waals surface area contributed by atoms with Gasteiger partial charge in [0.05, 0.1) is 18.5 Å². The highest BCUT2D eigenvalue weighted by molar-refractivity contribution is 5.98. The molecule has 0 saturated carbocycles. The van der Waals surface area contributed by atoms with Crippen molar-refractivity contribution in [2.45, 2.75) is 25.8 Å². The number of aromatic nitrogens is 4. The third kappa shape index (κ3) is 3.33. The number of aliphatic carboxylic acids is 1. The van der Waals surface area contributed by atoms with E-state index in [-0.39, 0.29) is 17.2 Å². The fourth-order valence-corrected chi connectivity index (χ4v) is 3.53. The van der Waals surface area contributed by atoms with Crippen molar-refractivity contribution in [1.29, 1.82) is 0 Å². The van der Waals surface area contributed by atoms with Crippen LogP contribution in [-0.2, 0) is 4.79 Å². The highest BCUT2D eigenvalue weighted by atomic mass is 16.5. The highest BCUT2D eigenvalue weighted by Crippen LogP contribution is 2.30. The number of benzene rings is 1. The fourth-order valence-electron chi connectivity index (χ4n) is 3.53. The number of hydrogen-bond acceptors (Lipinski definition) is 6. The maximum atomic E-state index is 12.9. The van der Waals surface area contributed by atoms with E-state index >= 15 is 0 Å². The standard InChI is InChI=1S/C19H19N5O5/c1-2-29-13-8-10(18(26)24-7-3-4-12(24)19(27)28)5-6-11(13)15-22-16-14(17(25)23-15)20-9-21-16/h5-6,8-9,12H,2-4,7H2,1H3,(H,27,28)(H2,20,21,22,23,25)/t12-/m0/s1. The molecule has 1 amide bonds. The van der Waals surface area contributed by atoms with Gasteiger partial charge in [0.1, 0.15) is 17.6 Å². The number of fused-ring (bicyclic) bond motifs is 1. The van der Waals surface area contributed by atoms with E-state index in [1.807, 2.05) is 0 Å². The minimum absolute atomic E-state index is 0.201. The summed E-state index contributed by atoms with van der Waals surface area (Å²) in [5.41, 5.74) is 0.971. The Hall–Kier alpha value is -3.69. The maximum absolute atomic E-state index is 12.9. The first kappa shape index (κ1) is 18.7. The first-order chi connectivity index (χ1) is 14.0. The molecule has 10 heteroatoms. The number of nitrogens with zero attached hydrogens (tertiary/aromatic N) is 3. The zero-order valence-electron chi connectivity index (χ0n) is 15.6. The molecular weight excluding hydrogens is 378 g/mol. The molecule has 1 aliphatic rings. The van der Waals surface area contributed by atoms with Crippen LogP contribution in [0.5, 0.6) is 5.75 Å². The van der Waals surface area contributed by atoms with Gasteiger partial charge in [-0.15, -0.1) is 0 Å². The Morgan fingerprint density at radius 3 is 2.97 bits per heavy atom. The van der Waals surface area contributed by atoms with E-state index in [0.717, 1.165) is 0 Å². The minimum Gasteiger partial charge on any atom is -0.493 e. The van der Waals surface area contributed by atoms with Gasteiger partial charge in [-0.25, -0.2) is 14.8 Å². The number of amides is 1. The Bertz CT molecular complexity index is 1150. The first-order valence-electron chi connectivity index (χ1n) is 9.24. The van der Waals surface area contributed by atoms with Gasteiger partial charge in [-0.3, -0.25) is 9.59 Å². The molecule has 0 bridgehead atoms. The zero-order chi connectivity index (χ0) is 20.5. The number of H-pyrrole nitrogens is 2. The van der Waals surface area contributed by atoms with Crippen LogP contribution in [0.2, 0.25) is 0 Å². The molecule has 2 aromatic heterocycles. The third-order valence-corrected chi connectivity index (χ3v) is 4.87. The Morgan fingerprint density at radius 1 is 1.38 bits per heavy atom. The number of hydrogen-bond donors (Lipinski definition) is 3. The van der Waals surface area contributed by atoms with Crippen LogP contribution in [0.1, 0.15) is 30.1 Å². The summed E-state index contributed by atoms with van der Waals surface area (Å²) in [5.74, 6) is -0.731. The van der Waals surface area contributed by atoms with Gasteiger partial charge < -0.3 is 24.7 Å². The lowest BCUT2D eigenvalue weighted by Gasteiger charge is -2.22. The predicted molar refractivity (Wildman–Crippen MR) is 103 cm³/mol. The van der Waals surface area contributed by atoms with Crippen LogP contribution in [0.3, 0.4) is 0 Å². The number of carboxylic acid groups (broad SMARTS) is 1. The molecule has 3 aromatic rings. The van der Waals surface area contributed by atoms with Gasteiger partial charge in [0.25, 0.3) is 11.5 Å². The molecule has 1 atom stereocenters. The van der Waals surface area contributed by atoms with Gasteiger partial charge in [-0.05, 0) is 38.0 Å². The van der Waals surface area contributed by atoms with Crippen molar-refractivity contribution in [3.8, 4) is 17.1 Å². The molecule has 0 spiro atoms. The largest absolute Gasteiger partial charge is 0.493 e. The zero-order valence-corrected chi connectivity index (χ0v) is 15.6. The van der Waals surface area contributed by atoms with Crippen molar-refractivity contribution < 1.29 is 19.4 Å². The van der Waals surface area contributed by atoms with Gasteiger partial charge >= 0.3 is 5.97 Å². The topological polar surface area (TPSA) is 141 Å². The van der Waals surface area contributed by atoms with Gasteiger partial charge in [0.15, 0.2) is 11.2 Å². The summed E-state index contributed by atoms with van der Waals surface area (Å²) in [6, 6.07) is 3.94. The molecule has 3 heterocycles. The number of aromatic amines is 2. The Labute approximate surface area is 164 Å². The smallest absolute Gasteiger partial charge is 0.326 e. The van der Waals surface area contributed by atoms with Crippen molar-refractivity contribution in [3.63, 3.8) is 0 Å². The number of ether oxygens (including phenoxy) is 1. The highest BCUT2D eigenvalue weighted by Gasteiger charge is 2.34. The molecule has 0 radical (unpaired) electrons. The molecule has 1 aliphatic heterocycles. The number of nitrogens with one attached hydrogen (secondary N) is 2. The van der Waals surface area contributed by atoms with Crippen LogP contribution < -0.4 is 10.3 Å². The average molecular weight is 397 g/mol. The van der Waals surface area contributed by atoms with Crippen molar-refractivity contribution in [1.82, 2.24) is 24.8 Å². The van der Waals surface area contributed by atoms with Crippen molar-refractivity contribution in [2.24, 2.45) is 0 Å². The molecule has 0 aliphatic carbocycles. The quantitative estimate of drug-likeness (QED) is 0.591. The van der Waals surface area contributed by atoms with Crippen LogP contribution in [0, 0.1) is 0 Å². The van der Waals surface area contributed by atoms with Gasteiger partial charge in [-0.1, -0.05) is 0 Å². The Balaban J connectivity index is 1.74. The third-order valence-electron chi connectivity index (χ3n) is 4.87. The van der Waals surface area contributed by atoms with E-state index < -0.39 is 17.6 Å². The summed E-state index contributed by atoms with van der Waals surface area (Å²) < 4.78 is 5.68. The normalized spacial score (nSPS) is 16.3. The Morgan fingerprint density at radius 2 is 2.21 bits per heavy atom. The molecule has 3 N–H and O–H groups in total. The van der Waals surface area contributed by atoms with Gasteiger partial charge in [0, 0.05) is 12.1 Å². The molecule has 29 heavy (non-hydrogen) atoms. The number of carbonyl (C=O) groups is 2. The van der Waals surface area contributed by atoms with E-state index in [4.69, 9.17) is 4.74 Å². The molecule has 10 nitrogen and oxygen atoms in total. The summed E-state index contributed by atoms with van der Waals surface area (Å²) >= 11 is 0. The second-order valence-electron chi connectivity index (χ2n) is 6.65. The van der Waals surface area contributed by atoms with Crippen LogP contribution in [-0.4, -0.2) is 61.0 Å². The molecule has 150 valence electrons. The summed E-state index contributed by atoms with van der Waals surface area (Å²) in [7, 11) is 0. The maximum Gasteiger partial charge on any atom is 0.326 e. The van der Waals surface area contributed by atoms with Crippen molar-refractivity contribution >= 4 is 23.0 Å². The SMILES string of the molecule is CCOc1cc(C(=O)N2CCC[C@H]2C(=O)O)ccc1-c1nc2[nH]cnc2c(=O)[nH]1. The molecule has 1 fully saturated rings. The van der Waals surface area contributed by atoms with Crippen molar-refractivity contribution in [2.75, 3.05) is 13.2 Å². The van der Waals surface area contributed by atoms with E-state index in [1.54, 1.807) is 25.1 Å². The first-order valence-corrected chi connectivity index (χ1v) is 9.24. The Kier molecular flexibility index (Phi) is 4.75. The van der Waals surface area contributed by atoms with Crippen LogP contribution >= 0.6 is 0 Å². The molecule has 4 rings (SSSR count). The lowest BCUT2D eigenvalue weighted by molar-refractivity contribution is -0.141.